The number of hydrogen-bond donors (Lipinski definition) is 1. The summed E-state index contributed by atoms with van der Waals surface area (Å²) in [5, 5.41) is 17.0. The zero-order valence-corrected chi connectivity index (χ0v) is 7.88. The van der Waals surface area contributed by atoms with Gasteiger partial charge in [-0.05, 0) is 0 Å². The molecular formula is C7H12ClN2O2+. The first kappa shape index (κ1) is 11.2. The van der Waals surface area contributed by atoms with Gasteiger partial charge in [-0.15, -0.1) is 5.26 Å². The van der Waals surface area contributed by atoms with Crippen molar-refractivity contribution in [3.8, 4) is 6.19 Å². The molecule has 0 rings (SSSR count). The Hall–Kier alpha value is -0.790. The van der Waals surface area contributed by atoms with Crippen molar-refractivity contribution in [2.45, 2.75) is 18.3 Å². The highest BCUT2D eigenvalue weighted by Crippen LogP contribution is 2.15. The molecule has 1 atom stereocenters. The summed E-state index contributed by atoms with van der Waals surface area (Å²) in [5.74, 6) is -0.890. The number of alkyl halides is 1. The first-order chi connectivity index (χ1) is 5.40. The highest BCUT2D eigenvalue weighted by molar-refractivity contribution is 6.19. The van der Waals surface area contributed by atoms with Crippen molar-refractivity contribution in [2.75, 3.05) is 14.1 Å². The molecule has 1 N–H and O–H groups in total. The molecule has 0 aliphatic rings. The van der Waals surface area contributed by atoms with E-state index >= 15 is 0 Å². The molecule has 0 aromatic rings. The van der Waals surface area contributed by atoms with Crippen LogP contribution in [0.2, 0.25) is 0 Å². The summed E-state index contributed by atoms with van der Waals surface area (Å²) in [5.41, 5.74) is -0.467. The fourth-order valence-corrected chi connectivity index (χ4v) is 0.781. The van der Waals surface area contributed by atoms with Crippen molar-refractivity contribution >= 4 is 17.6 Å². The van der Waals surface area contributed by atoms with Gasteiger partial charge in [0, 0.05) is 6.42 Å². The number of hydrogen-bond acceptors (Lipinski definition) is 2. The van der Waals surface area contributed by atoms with Crippen LogP contribution in [-0.2, 0) is 4.79 Å². The van der Waals surface area contributed by atoms with Crippen molar-refractivity contribution in [1.82, 2.24) is 0 Å². The average Bonchev–Trinajstić information content (AvgIpc) is 2.00. The van der Waals surface area contributed by atoms with Gasteiger partial charge in [0.25, 0.3) is 0 Å². The van der Waals surface area contributed by atoms with E-state index in [4.69, 9.17) is 22.0 Å². The van der Waals surface area contributed by atoms with E-state index in [1.807, 2.05) is 6.19 Å². The third-order valence-electron chi connectivity index (χ3n) is 1.55. The number of nitriles is 1. The van der Waals surface area contributed by atoms with Gasteiger partial charge in [0.2, 0.25) is 0 Å². The minimum atomic E-state index is -0.890. The van der Waals surface area contributed by atoms with Crippen LogP contribution in [-0.4, -0.2) is 35.2 Å². The Labute approximate surface area is 76.6 Å². The molecule has 1 unspecified atom stereocenters. The molecule has 0 saturated heterocycles. The number of quaternary nitrogens is 1. The van der Waals surface area contributed by atoms with Crippen LogP contribution in [0.5, 0.6) is 0 Å². The molecule has 12 heavy (non-hydrogen) atoms. The summed E-state index contributed by atoms with van der Waals surface area (Å²) in [6.45, 7) is 0. The van der Waals surface area contributed by atoms with Crippen LogP contribution in [0.4, 0.5) is 0 Å². The van der Waals surface area contributed by atoms with Crippen molar-refractivity contribution in [2.24, 2.45) is 0 Å². The second-order valence-corrected chi connectivity index (χ2v) is 3.51. The lowest BCUT2D eigenvalue weighted by Crippen LogP contribution is -2.41. The Morgan fingerprint density at radius 2 is 2.25 bits per heavy atom. The third-order valence-corrected chi connectivity index (χ3v) is 2.26. The Morgan fingerprint density at radius 3 is 2.58 bits per heavy atom. The third kappa shape index (κ3) is 3.56. The lowest BCUT2D eigenvalue weighted by atomic mass is 10.3. The maximum atomic E-state index is 10.2. The van der Waals surface area contributed by atoms with Crippen LogP contribution >= 0.6 is 11.6 Å². The SMILES string of the molecule is C[N+](C)(C#N)C(Cl)CCC(=O)O. The molecule has 0 aromatic carbocycles. The van der Waals surface area contributed by atoms with Gasteiger partial charge < -0.3 is 5.11 Å². The molecule has 0 aliphatic carbocycles. The molecular weight excluding hydrogens is 180 g/mol. The zero-order chi connectivity index (χ0) is 9.78. The lowest BCUT2D eigenvalue weighted by molar-refractivity contribution is -0.837. The largest absolute Gasteiger partial charge is 0.481 e. The standard InChI is InChI=1S/C7H11ClN2O2/c1-10(2,5-9)6(8)3-4-7(11)12/h6H,3-4H2,1-2H3/p+1. The van der Waals surface area contributed by atoms with Crippen molar-refractivity contribution in [3.63, 3.8) is 0 Å². The topological polar surface area (TPSA) is 61.1 Å². The van der Waals surface area contributed by atoms with Crippen molar-refractivity contribution in [3.05, 3.63) is 0 Å². The summed E-state index contributed by atoms with van der Waals surface area (Å²) in [7, 11) is 3.28. The highest BCUT2D eigenvalue weighted by Gasteiger charge is 2.26. The first-order valence-electron chi connectivity index (χ1n) is 3.51. The van der Waals surface area contributed by atoms with Crippen molar-refractivity contribution < 1.29 is 14.4 Å². The summed E-state index contributed by atoms with van der Waals surface area (Å²) >= 11 is 5.80. The molecule has 5 heteroatoms. The number of carboxylic acids is 1. The molecule has 4 nitrogen and oxygen atoms in total. The minimum Gasteiger partial charge on any atom is -0.481 e. The monoisotopic (exact) mass is 191 g/mol. The van der Waals surface area contributed by atoms with Gasteiger partial charge in [0.15, 0.2) is 5.50 Å². The van der Waals surface area contributed by atoms with Crippen LogP contribution < -0.4 is 0 Å². The number of carboxylic acid groups (broad SMARTS) is 1. The van der Waals surface area contributed by atoms with E-state index in [-0.39, 0.29) is 10.9 Å². The van der Waals surface area contributed by atoms with Gasteiger partial charge in [0.05, 0.1) is 20.5 Å². The molecule has 0 fully saturated rings. The zero-order valence-electron chi connectivity index (χ0n) is 7.12. The maximum absolute atomic E-state index is 10.2. The number of halogens is 1. The average molecular weight is 192 g/mol. The Balaban J connectivity index is 3.97. The fraction of sp³-hybridized carbons (Fsp3) is 0.714. The molecule has 0 spiro atoms. The van der Waals surface area contributed by atoms with E-state index in [9.17, 15) is 4.79 Å². The van der Waals surface area contributed by atoms with Crippen LogP contribution in [0, 0.1) is 11.5 Å². The molecule has 0 aromatic heterocycles. The van der Waals surface area contributed by atoms with Crippen LogP contribution in [0.3, 0.4) is 0 Å². The minimum absolute atomic E-state index is 0.00245. The highest BCUT2D eigenvalue weighted by atomic mass is 35.5. The van der Waals surface area contributed by atoms with Gasteiger partial charge >= 0.3 is 12.2 Å². The summed E-state index contributed by atoms with van der Waals surface area (Å²) < 4.78 is -0.0329. The van der Waals surface area contributed by atoms with Crippen molar-refractivity contribution in [1.29, 1.82) is 5.26 Å². The van der Waals surface area contributed by atoms with E-state index in [2.05, 4.69) is 0 Å². The molecule has 0 saturated carbocycles. The fourth-order valence-electron chi connectivity index (χ4n) is 0.628. The van der Waals surface area contributed by atoms with Gasteiger partial charge in [-0.2, -0.15) is 0 Å². The summed E-state index contributed by atoms with van der Waals surface area (Å²) in [4.78, 5) is 10.2. The van der Waals surface area contributed by atoms with Gasteiger partial charge in [0.1, 0.15) is 0 Å². The smallest absolute Gasteiger partial charge is 0.309 e. The van der Waals surface area contributed by atoms with Crippen LogP contribution in [0.15, 0.2) is 0 Å². The number of rotatable bonds is 4. The summed E-state index contributed by atoms with van der Waals surface area (Å²) in [6.07, 6.45) is 2.28. The lowest BCUT2D eigenvalue weighted by Gasteiger charge is -2.23. The molecule has 0 aliphatic heterocycles. The number of nitrogens with zero attached hydrogens (tertiary/aromatic N) is 2. The Morgan fingerprint density at radius 1 is 1.75 bits per heavy atom. The second-order valence-electron chi connectivity index (χ2n) is 3.01. The molecule has 0 heterocycles. The Bertz CT molecular complexity index is 210. The van der Waals surface area contributed by atoms with E-state index < -0.39 is 11.5 Å². The normalized spacial score (nSPS) is 13.5. The molecule has 68 valence electrons. The quantitative estimate of drug-likeness (QED) is 0.312. The van der Waals surface area contributed by atoms with E-state index in [0.29, 0.717) is 6.42 Å². The number of carbonyl (C=O) groups is 1. The maximum Gasteiger partial charge on any atom is 0.309 e. The van der Waals surface area contributed by atoms with Crippen LogP contribution in [0.25, 0.3) is 0 Å². The molecule has 0 amide bonds. The molecule has 0 radical (unpaired) electrons. The first-order valence-corrected chi connectivity index (χ1v) is 3.94. The van der Waals surface area contributed by atoms with E-state index in [1.54, 1.807) is 14.1 Å². The van der Waals surface area contributed by atoms with Gasteiger partial charge in [-0.1, -0.05) is 11.6 Å². The molecule has 0 bridgehead atoms. The second kappa shape index (κ2) is 4.29. The predicted molar refractivity (Wildman–Crippen MR) is 44.2 cm³/mol. The van der Waals surface area contributed by atoms with E-state index in [1.165, 1.54) is 0 Å². The number of aliphatic carboxylic acids is 1. The van der Waals surface area contributed by atoms with Gasteiger partial charge in [-0.25, -0.2) is 4.48 Å². The van der Waals surface area contributed by atoms with E-state index in [0.717, 1.165) is 0 Å². The predicted octanol–water partition coefficient (Wildman–Crippen LogP) is 0.974. The van der Waals surface area contributed by atoms with Crippen LogP contribution in [0.1, 0.15) is 12.8 Å². The summed E-state index contributed by atoms with van der Waals surface area (Å²) in [6, 6.07) is 0. The Kier molecular flexibility index (Phi) is 4.01. The van der Waals surface area contributed by atoms with Gasteiger partial charge in [-0.3, -0.25) is 4.79 Å².